The van der Waals surface area contributed by atoms with Crippen molar-refractivity contribution in [3.8, 4) is 0 Å². The summed E-state index contributed by atoms with van der Waals surface area (Å²) in [4.78, 5) is 42.1. The Balaban J connectivity index is 1.49. The molecule has 0 saturated carbocycles. The average molecular weight is 435 g/mol. The molecule has 1 aromatic heterocycles. The van der Waals surface area contributed by atoms with Gasteiger partial charge in [-0.3, -0.25) is 19.4 Å². The van der Waals surface area contributed by atoms with Crippen LogP contribution in [-0.4, -0.2) is 30.9 Å². The van der Waals surface area contributed by atoms with E-state index in [1.807, 2.05) is 48.7 Å². The number of hydrogen-bond acceptors (Lipinski definition) is 4. The standard InChI is InChI=1S/C23H22N4O3S/c1-16-8-10-17(11-9-16)25-23(30)27-15-22(29)26(19-6-2-3-7-20(19)27)14-21(28)24-13-18-5-4-12-31-18/h2-12H,13-15H2,1H3,(H,24,28)(H,25,30). The number of nitrogens with zero attached hydrogens (tertiary/aromatic N) is 2. The Morgan fingerprint density at radius 3 is 2.45 bits per heavy atom. The fraction of sp³-hybridized carbons (Fsp3) is 0.174. The first kappa shape index (κ1) is 20.6. The molecule has 0 fully saturated rings. The van der Waals surface area contributed by atoms with Crippen LogP contribution in [0.15, 0.2) is 66.0 Å². The lowest BCUT2D eigenvalue weighted by atomic mass is 10.1. The van der Waals surface area contributed by atoms with E-state index in [2.05, 4.69) is 10.6 Å². The number of hydrogen-bond donors (Lipinski definition) is 2. The molecule has 4 rings (SSSR count). The Labute approximate surface area is 184 Å². The first-order valence-corrected chi connectivity index (χ1v) is 10.7. The van der Waals surface area contributed by atoms with Crippen LogP contribution in [-0.2, 0) is 16.1 Å². The van der Waals surface area contributed by atoms with Gasteiger partial charge in [0.2, 0.25) is 11.8 Å². The largest absolute Gasteiger partial charge is 0.350 e. The third-order valence-electron chi connectivity index (χ3n) is 4.95. The number of carbonyl (C=O) groups excluding carboxylic acids is 3. The molecule has 2 aromatic carbocycles. The summed E-state index contributed by atoms with van der Waals surface area (Å²) in [7, 11) is 0. The van der Waals surface area contributed by atoms with Gasteiger partial charge in [-0.2, -0.15) is 0 Å². The van der Waals surface area contributed by atoms with Crippen LogP contribution in [0.5, 0.6) is 0 Å². The minimum absolute atomic E-state index is 0.103. The van der Waals surface area contributed by atoms with Crippen LogP contribution in [0.1, 0.15) is 10.4 Å². The van der Waals surface area contributed by atoms with Gasteiger partial charge in [0.1, 0.15) is 13.1 Å². The fourth-order valence-corrected chi connectivity index (χ4v) is 3.99. The normalized spacial score (nSPS) is 13.0. The predicted molar refractivity (Wildman–Crippen MR) is 123 cm³/mol. The van der Waals surface area contributed by atoms with Crippen molar-refractivity contribution < 1.29 is 14.4 Å². The van der Waals surface area contributed by atoms with E-state index in [0.717, 1.165) is 10.4 Å². The summed E-state index contributed by atoms with van der Waals surface area (Å²) in [5, 5.41) is 7.62. The summed E-state index contributed by atoms with van der Waals surface area (Å²) < 4.78 is 0. The van der Waals surface area contributed by atoms with Gasteiger partial charge in [0.15, 0.2) is 0 Å². The van der Waals surface area contributed by atoms with Crippen molar-refractivity contribution in [3.63, 3.8) is 0 Å². The van der Waals surface area contributed by atoms with E-state index in [9.17, 15) is 14.4 Å². The Hall–Kier alpha value is -3.65. The molecule has 7 nitrogen and oxygen atoms in total. The Morgan fingerprint density at radius 2 is 1.74 bits per heavy atom. The number of urea groups is 1. The van der Waals surface area contributed by atoms with Crippen molar-refractivity contribution in [2.24, 2.45) is 0 Å². The molecule has 1 aliphatic heterocycles. The maximum atomic E-state index is 12.9. The molecule has 0 unspecified atom stereocenters. The number of nitrogens with one attached hydrogen (secondary N) is 2. The van der Waals surface area contributed by atoms with Crippen molar-refractivity contribution in [1.82, 2.24) is 5.32 Å². The SMILES string of the molecule is Cc1ccc(NC(=O)N2CC(=O)N(CC(=O)NCc3cccs3)c3ccccc32)cc1. The Kier molecular flexibility index (Phi) is 5.99. The van der Waals surface area contributed by atoms with E-state index < -0.39 is 6.03 Å². The molecular formula is C23H22N4O3S. The minimum Gasteiger partial charge on any atom is -0.350 e. The van der Waals surface area contributed by atoms with Crippen LogP contribution < -0.4 is 20.4 Å². The average Bonchev–Trinajstić information content (AvgIpc) is 3.29. The zero-order chi connectivity index (χ0) is 21.8. The van der Waals surface area contributed by atoms with Gasteiger partial charge in [0.25, 0.3) is 0 Å². The summed E-state index contributed by atoms with van der Waals surface area (Å²) in [6.45, 7) is 2.14. The molecule has 8 heteroatoms. The van der Waals surface area contributed by atoms with Crippen molar-refractivity contribution in [2.45, 2.75) is 13.5 Å². The van der Waals surface area contributed by atoms with Crippen LogP contribution in [0.3, 0.4) is 0 Å². The number of para-hydroxylation sites is 2. The second-order valence-corrected chi connectivity index (χ2v) is 8.24. The number of amides is 4. The van der Waals surface area contributed by atoms with Crippen molar-refractivity contribution >= 4 is 46.2 Å². The van der Waals surface area contributed by atoms with Crippen LogP contribution in [0.2, 0.25) is 0 Å². The Morgan fingerprint density at radius 1 is 1.00 bits per heavy atom. The molecule has 1 aliphatic rings. The highest BCUT2D eigenvalue weighted by molar-refractivity contribution is 7.09. The minimum atomic E-state index is -0.397. The van der Waals surface area contributed by atoms with Crippen LogP contribution in [0.4, 0.5) is 21.9 Å². The van der Waals surface area contributed by atoms with E-state index in [-0.39, 0.29) is 24.9 Å². The summed E-state index contributed by atoms with van der Waals surface area (Å²) in [5.41, 5.74) is 2.85. The second kappa shape index (κ2) is 9.01. The lowest BCUT2D eigenvalue weighted by Gasteiger charge is -2.35. The van der Waals surface area contributed by atoms with E-state index in [4.69, 9.17) is 0 Å². The molecule has 0 radical (unpaired) electrons. The van der Waals surface area contributed by atoms with E-state index in [0.29, 0.717) is 23.6 Å². The number of benzene rings is 2. The molecule has 31 heavy (non-hydrogen) atoms. The molecule has 0 aliphatic carbocycles. The molecule has 0 spiro atoms. The summed E-state index contributed by atoms with van der Waals surface area (Å²) >= 11 is 1.56. The summed E-state index contributed by atoms with van der Waals surface area (Å²) in [5.74, 6) is -0.571. The zero-order valence-electron chi connectivity index (χ0n) is 17.0. The molecule has 0 atom stereocenters. The molecule has 0 saturated heterocycles. The van der Waals surface area contributed by atoms with E-state index >= 15 is 0 Å². The number of carbonyl (C=O) groups is 3. The molecule has 2 heterocycles. The smallest absolute Gasteiger partial charge is 0.326 e. The van der Waals surface area contributed by atoms with Gasteiger partial charge in [0.05, 0.1) is 17.9 Å². The molecule has 3 aromatic rings. The first-order chi connectivity index (χ1) is 15.0. The lowest BCUT2D eigenvalue weighted by molar-refractivity contribution is -0.123. The number of anilines is 3. The number of thiophene rings is 1. The topological polar surface area (TPSA) is 81.8 Å². The fourth-order valence-electron chi connectivity index (χ4n) is 3.34. The van der Waals surface area contributed by atoms with Crippen molar-refractivity contribution in [1.29, 1.82) is 0 Å². The number of aryl methyl sites for hydroxylation is 1. The quantitative estimate of drug-likeness (QED) is 0.642. The zero-order valence-corrected chi connectivity index (χ0v) is 17.8. The van der Waals surface area contributed by atoms with Crippen molar-refractivity contribution in [2.75, 3.05) is 28.2 Å². The Bertz CT molecular complexity index is 1100. The van der Waals surface area contributed by atoms with Crippen LogP contribution in [0.25, 0.3) is 0 Å². The second-order valence-electron chi connectivity index (χ2n) is 7.21. The molecular weight excluding hydrogens is 412 g/mol. The number of fused-ring (bicyclic) bond motifs is 1. The summed E-state index contributed by atoms with van der Waals surface area (Å²) in [6, 6.07) is 18.0. The van der Waals surface area contributed by atoms with E-state index in [1.54, 1.807) is 35.6 Å². The highest BCUT2D eigenvalue weighted by atomic mass is 32.1. The van der Waals surface area contributed by atoms with Gasteiger partial charge in [-0.05, 0) is 42.6 Å². The van der Waals surface area contributed by atoms with Crippen molar-refractivity contribution in [3.05, 3.63) is 76.5 Å². The molecule has 158 valence electrons. The highest BCUT2D eigenvalue weighted by Crippen LogP contribution is 2.33. The molecule has 0 bridgehead atoms. The highest BCUT2D eigenvalue weighted by Gasteiger charge is 2.33. The summed E-state index contributed by atoms with van der Waals surface area (Å²) in [6.07, 6.45) is 0. The van der Waals surface area contributed by atoms with E-state index in [1.165, 1.54) is 9.80 Å². The van der Waals surface area contributed by atoms with Gasteiger partial charge < -0.3 is 10.6 Å². The van der Waals surface area contributed by atoms with Gasteiger partial charge in [-0.1, -0.05) is 35.9 Å². The maximum absolute atomic E-state index is 12.9. The number of rotatable bonds is 5. The van der Waals surface area contributed by atoms with Gasteiger partial charge in [0, 0.05) is 10.6 Å². The van der Waals surface area contributed by atoms with Crippen LogP contribution in [0, 0.1) is 6.92 Å². The lowest BCUT2D eigenvalue weighted by Crippen LogP contribution is -2.51. The predicted octanol–water partition coefficient (Wildman–Crippen LogP) is 3.76. The molecule has 2 N–H and O–H groups in total. The molecule has 4 amide bonds. The third kappa shape index (κ3) is 4.75. The third-order valence-corrected chi connectivity index (χ3v) is 5.82. The van der Waals surface area contributed by atoms with Gasteiger partial charge in [-0.15, -0.1) is 11.3 Å². The van der Waals surface area contributed by atoms with Crippen LogP contribution >= 0.6 is 11.3 Å². The van der Waals surface area contributed by atoms with Gasteiger partial charge in [-0.25, -0.2) is 4.79 Å². The first-order valence-electron chi connectivity index (χ1n) is 9.85. The van der Waals surface area contributed by atoms with Gasteiger partial charge >= 0.3 is 6.03 Å². The monoisotopic (exact) mass is 434 g/mol. The maximum Gasteiger partial charge on any atom is 0.326 e.